The minimum Gasteiger partial charge on any atom is -0.385 e. The first-order valence-electron chi connectivity index (χ1n) is 5.31. The number of hydrogen-bond acceptors (Lipinski definition) is 2. The number of hydrogen-bond donors (Lipinski definition) is 1. The van der Waals surface area contributed by atoms with Gasteiger partial charge in [0, 0.05) is 20.3 Å². The molecule has 0 aromatic heterocycles. The fraction of sp³-hybridized carbons (Fsp3) is 0.500. The third-order valence-electron chi connectivity index (χ3n) is 2.91. The smallest absolute Gasteiger partial charge is 0.0640 e. The maximum absolute atomic E-state index is 6.11. The lowest BCUT2D eigenvalue weighted by molar-refractivity contribution is 0.178. The fourth-order valence-corrected chi connectivity index (χ4v) is 2.32. The molecule has 0 amide bonds. The molecule has 1 heterocycles. The Morgan fingerprint density at radius 1 is 1.53 bits per heavy atom. The van der Waals surface area contributed by atoms with E-state index >= 15 is 0 Å². The minimum atomic E-state index is 0.663. The molecule has 0 aliphatic carbocycles. The van der Waals surface area contributed by atoms with Crippen molar-refractivity contribution < 1.29 is 4.74 Å². The van der Waals surface area contributed by atoms with Crippen LogP contribution in [-0.2, 0) is 11.2 Å². The number of methoxy groups -OCH3 is 1. The van der Waals surface area contributed by atoms with Crippen LogP contribution in [0.3, 0.4) is 0 Å². The van der Waals surface area contributed by atoms with Gasteiger partial charge in [0.1, 0.15) is 0 Å². The molecule has 0 saturated carbocycles. The lowest BCUT2D eigenvalue weighted by Gasteiger charge is -2.26. The summed E-state index contributed by atoms with van der Waals surface area (Å²) in [5.41, 5.74) is 2.45. The number of ether oxygens (including phenoxy) is 1. The van der Waals surface area contributed by atoms with Crippen molar-refractivity contribution >= 4 is 17.3 Å². The van der Waals surface area contributed by atoms with E-state index in [2.05, 4.69) is 11.4 Å². The molecule has 15 heavy (non-hydrogen) atoms. The zero-order valence-electron chi connectivity index (χ0n) is 8.92. The highest BCUT2D eigenvalue weighted by Gasteiger charge is 2.19. The van der Waals surface area contributed by atoms with Crippen molar-refractivity contribution in [2.45, 2.75) is 12.8 Å². The number of benzene rings is 1. The van der Waals surface area contributed by atoms with Crippen molar-refractivity contribution in [2.75, 3.05) is 25.6 Å². The fourth-order valence-electron chi connectivity index (χ4n) is 2.06. The van der Waals surface area contributed by atoms with Crippen LogP contribution in [-0.4, -0.2) is 20.3 Å². The molecule has 3 heteroatoms. The van der Waals surface area contributed by atoms with Crippen molar-refractivity contribution in [3.63, 3.8) is 0 Å². The summed E-state index contributed by atoms with van der Waals surface area (Å²) >= 11 is 6.11. The first-order chi connectivity index (χ1) is 7.31. The van der Waals surface area contributed by atoms with Gasteiger partial charge in [-0.3, -0.25) is 0 Å². The van der Waals surface area contributed by atoms with E-state index in [0.29, 0.717) is 5.92 Å². The maximum Gasteiger partial charge on any atom is 0.0640 e. The average Bonchev–Trinajstić information content (AvgIpc) is 2.26. The van der Waals surface area contributed by atoms with Gasteiger partial charge < -0.3 is 10.1 Å². The van der Waals surface area contributed by atoms with E-state index in [1.165, 1.54) is 5.56 Å². The van der Waals surface area contributed by atoms with Crippen molar-refractivity contribution in [3.05, 3.63) is 28.8 Å². The molecule has 0 spiro atoms. The molecule has 1 atom stereocenters. The molecule has 1 aliphatic heterocycles. The van der Waals surface area contributed by atoms with Crippen molar-refractivity contribution in [1.82, 2.24) is 0 Å². The second-order valence-electron chi connectivity index (χ2n) is 4.01. The normalized spacial score (nSPS) is 19.5. The average molecular weight is 226 g/mol. The van der Waals surface area contributed by atoms with Crippen LogP contribution in [0.25, 0.3) is 0 Å². The van der Waals surface area contributed by atoms with E-state index in [1.807, 2.05) is 12.1 Å². The van der Waals surface area contributed by atoms with Gasteiger partial charge in [-0.05, 0) is 30.4 Å². The van der Waals surface area contributed by atoms with Gasteiger partial charge >= 0.3 is 0 Å². The first kappa shape index (κ1) is 10.8. The van der Waals surface area contributed by atoms with Crippen LogP contribution in [0.4, 0.5) is 5.69 Å². The highest BCUT2D eigenvalue weighted by molar-refractivity contribution is 6.33. The van der Waals surface area contributed by atoms with Gasteiger partial charge in [0.05, 0.1) is 10.7 Å². The molecule has 82 valence electrons. The number of fused-ring (bicyclic) bond motifs is 1. The summed E-state index contributed by atoms with van der Waals surface area (Å²) in [4.78, 5) is 0. The van der Waals surface area contributed by atoms with Gasteiger partial charge in [-0.2, -0.15) is 0 Å². The molecule has 0 bridgehead atoms. The van der Waals surface area contributed by atoms with Crippen molar-refractivity contribution in [1.29, 1.82) is 0 Å². The Hall–Kier alpha value is -0.730. The Labute approximate surface area is 95.6 Å². The second kappa shape index (κ2) is 4.86. The van der Waals surface area contributed by atoms with Crippen LogP contribution in [0, 0.1) is 5.92 Å². The molecule has 0 radical (unpaired) electrons. The first-order valence-corrected chi connectivity index (χ1v) is 5.69. The molecular formula is C12H16ClNO. The summed E-state index contributed by atoms with van der Waals surface area (Å²) in [7, 11) is 1.75. The number of para-hydroxylation sites is 1. The van der Waals surface area contributed by atoms with E-state index in [-0.39, 0.29) is 0 Å². The number of rotatable bonds is 3. The van der Waals surface area contributed by atoms with Crippen LogP contribution < -0.4 is 5.32 Å². The Balaban J connectivity index is 2.07. The van der Waals surface area contributed by atoms with Crippen LogP contribution in [0.15, 0.2) is 18.2 Å². The second-order valence-corrected chi connectivity index (χ2v) is 4.41. The van der Waals surface area contributed by atoms with Gasteiger partial charge in [0.25, 0.3) is 0 Å². The van der Waals surface area contributed by atoms with Crippen molar-refractivity contribution in [3.8, 4) is 0 Å². The Kier molecular flexibility index (Phi) is 3.49. The number of anilines is 1. The lowest BCUT2D eigenvalue weighted by atomic mass is 9.92. The highest BCUT2D eigenvalue weighted by atomic mass is 35.5. The number of nitrogens with one attached hydrogen (secondary N) is 1. The summed E-state index contributed by atoms with van der Waals surface area (Å²) in [5.74, 6) is 0.663. The molecule has 1 aliphatic rings. The van der Waals surface area contributed by atoms with E-state index in [0.717, 1.165) is 36.7 Å². The predicted octanol–water partition coefficient (Wildman–Crippen LogP) is 2.96. The van der Waals surface area contributed by atoms with E-state index < -0.39 is 0 Å². The van der Waals surface area contributed by atoms with E-state index in [9.17, 15) is 0 Å². The summed E-state index contributed by atoms with van der Waals surface area (Å²) in [5, 5.41) is 4.23. The summed E-state index contributed by atoms with van der Waals surface area (Å²) < 4.78 is 5.10. The standard InChI is InChI=1S/C12H16ClNO/c1-15-6-5-9-7-10-3-2-4-11(13)12(10)14-8-9/h2-4,9,14H,5-8H2,1H3. The highest BCUT2D eigenvalue weighted by Crippen LogP contribution is 2.32. The minimum absolute atomic E-state index is 0.663. The maximum atomic E-state index is 6.11. The zero-order valence-corrected chi connectivity index (χ0v) is 9.68. The molecule has 2 nitrogen and oxygen atoms in total. The molecular weight excluding hydrogens is 210 g/mol. The van der Waals surface area contributed by atoms with Gasteiger partial charge in [-0.15, -0.1) is 0 Å². The molecule has 0 fully saturated rings. The van der Waals surface area contributed by atoms with Crippen LogP contribution in [0.1, 0.15) is 12.0 Å². The molecule has 1 aromatic rings. The quantitative estimate of drug-likeness (QED) is 0.854. The summed E-state index contributed by atoms with van der Waals surface area (Å²) in [6, 6.07) is 6.09. The van der Waals surface area contributed by atoms with Crippen molar-refractivity contribution in [2.24, 2.45) is 5.92 Å². The van der Waals surface area contributed by atoms with Gasteiger partial charge in [-0.25, -0.2) is 0 Å². The zero-order chi connectivity index (χ0) is 10.7. The molecule has 2 rings (SSSR count). The monoisotopic (exact) mass is 225 g/mol. The Bertz CT molecular complexity index is 340. The molecule has 1 unspecified atom stereocenters. The van der Waals surface area contributed by atoms with Crippen LogP contribution in [0.2, 0.25) is 5.02 Å². The number of halogens is 1. The largest absolute Gasteiger partial charge is 0.385 e. The molecule has 1 aromatic carbocycles. The molecule has 1 N–H and O–H groups in total. The predicted molar refractivity (Wildman–Crippen MR) is 63.6 cm³/mol. The van der Waals surface area contributed by atoms with E-state index in [4.69, 9.17) is 16.3 Å². The summed E-state index contributed by atoms with van der Waals surface area (Å²) in [6.07, 6.45) is 2.21. The van der Waals surface area contributed by atoms with E-state index in [1.54, 1.807) is 7.11 Å². The Morgan fingerprint density at radius 2 is 2.40 bits per heavy atom. The molecule has 0 saturated heterocycles. The van der Waals surface area contributed by atoms with Crippen LogP contribution in [0.5, 0.6) is 0 Å². The van der Waals surface area contributed by atoms with Gasteiger partial charge in [-0.1, -0.05) is 23.7 Å². The third-order valence-corrected chi connectivity index (χ3v) is 3.22. The van der Waals surface area contributed by atoms with Crippen LogP contribution >= 0.6 is 11.6 Å². The van der Waals surface area contributed by atoms with Gasteiger partial charge in [0.2, 0.25) is 0 Å². The van der Waals surface area contributed by atoms with Gasteiger partial charge in [0.15, 0.2) is 0 Å². The topological polar surface area (TPSA) is 21.3 Å². The SMILES string of the molecule is COCCC1CNc2c(Cl)cccc2C1. The Morgan fingerprint density at radius 3 is 3.20 bits per heavy atom. The third kappa shape index (κ3) is 2.44. The lowest BCUT2D eigenvalue weighted by Crippen LogP contribution is -2.24. The summed E-state index contributed by atoms with van der Waals surface area (Å²) in [6.45, 7) is 1.84.